The van der Waals surface area contributed by atoms with Gasteiger partial charge < -0.3 is 15.6 Å². The number of hydrogen-bond acceptors (Lipinski definition) is 3. The molecule has 3 N–H and O–H groups in total. The molecule has 1 aromatic rings. The van der Waals surface area contributed by atoms with E-state index in [1.54, 1.807) is 0 Å². The molecule has 0 aliphatic carbocycles. The molecule has 0 aliphatic heterocycles. The Hall–Kier alpha value is -1.52. The van der Waals surface area contributed by atoms with Crippen molar-refractivity contribution in [3.63, 3.8) is 0 Å². The molecule has 0 spiro atoms. The molecule has 0 radical (unpaired) electrons. The first-order valence-corrected chi connectivity index (χ1v) is 6.21. The second kappa shape index (κ2) is 5.42. The van der Waals surface area contributed by atoms with E-state index in [-0.39, 0.29) is 11.5 Å². The zero-order valence-electron chi connectivity index (χ0n) is 12.2. The first-order valence-electron chi connectivity index (χ1n) is 6.21. The number of aromatic nitrogens is 1. The number of rotatable bonds is 3. The van der Waals surface area contributed by atoms with Crippen molar-refractivity contribution in [2.75, 3.05) is 6.54 Å². The van der Waals surface area contributed by atoms with E-state index in [1.807, 2.05) is 34.6 Å². The van der Waals surface area contributed by atoms with Crippen LogP contribution in [-0.2, 0) is 0 Å². The number of guanidine groups is 1. The van der Waals surface area contributed by atoms with Crippen molar-refractivity contribution in [3.8, 4) is 0 Å². The van der Waals surface area contributed by atoms with Crippen LogP contribution in [0.1, 0.15) is 50.6 Å². The van der Waals surface area contributed by atoms with Gasteiger partial charge in [-0.05, 0) is 34.6 Å². The average Bonchev–Trinajstić information content (AvgIpc) is 2.53. The summed E-state index contributed by atoms with van der Waals surface area (Å²) in [7, 11) is 0. The van der Waals surface area contributed by atoms with E-state index in [2.05, 4.69) is 22.4 Å². The molecule has 0 bridgehead atoms. The molecule has 18 heavy (non-hydrogen) atoms. The van der Waals surface area contributed by atoms with Crippen LogP contribution in [0.25, 0.3) is 0 Å². The Labute approximate surface area is 109 Å². The van der Waals surface area contributed by atoms with Gasteiger partial charge in [0.1, 0.15) is 5.76 Å². The van der Waals surface area contributed by atoms with Crippen molar-refractivity contribution in [2.45, 2.75) is 53.0 Å². The highest BCUT2D eigenvalue weighted by atomic mass is 16.5. The quantitative estimate of drug-likeness (QED) is 0.638. The molecule has 0 aliphatic rings. The van der Waals surface area contributed by atoms with E-state index in [9.17, 15) is 0 Å². The van der Waals surface area contributed by atoms with Crippen LogP contribution < -0.4 is 11.1 Å². The predicted octanol–water partition coefficient (Wildman–Crippen LogP) is 2.10. The number of nitrogens with one attached hydrogen (secondary N) is 1. The second-order valence-corrected chi connectivity index (χ2v) is 5.74. The Balaban J connectivity index is 2.66. The topological polar surface area (TPSA) is 76.4 Å². The second-order valence-electron chi connectivity index (χ2n) is 5.74. The summed E-state index contributed by atoms with van der Waals surface area (Å²) >= 11 is 0. The maximum atomic E-state index is 5.84. The number of nitrogens with two attached hydrogens (primary N) is 1. The van der Waals surface area contributed by atoms with E-state index < -0.39 is 0 Å². The van der Waals surface area contributed by atoms with E-state index >= 15 is 0 Å². The summed E-state index contributed by atoms with van der Waals surface area (Å²) in [5.74, 6) is 1.58. The summed E-state index contributed by atoms with van der Waals surface area (Å²) in [5, 5.41) is 7.09. The fourth-order valence-corrected chi connectivity index (χ4v) is 1.94. The number of hydrogen-bond donors (Lipinski definition) is 2. The lowest BCUT2D eigenvalue weighted by Gasteiger charge is -2.21. The van der Waals surface area contributed by atoms with Crippen molar-refractivity contribution in [1.29, 1.82) is 0 Å². The van der Waals surface area contributed by atoms with E-state index in [0.717, 1.165) is 17.0 Å². The smallest absolute Gasteiger partial charge is 0.189 e. The SMILES string of the molecule is Cc1noc(C)c1C(C)CN=C(N)NC(C)(C)C. The van der Waals surface area contributed by atoms with Crippen LogP contribution in [0.15, 0.2) is 9.52 Å². The van der Waals surface area contributed by atoms with Gasteiger partial charge in [-0.2, -0.15) is 0 Å². The monoisotopic (exact) mass is 252 g/mol. The minimum absolute atomic E-state index is 0.0696. The largest absolute Gasteiger partial charge is 0.370 e. The highest BCUT2D eigenvalue weighted by molar-refractivity contribution is 5.78. The van der Waals surface area contributed by atoms with Crippen LogP contribution in [0.3, 0.4) is 0 Å². The summed E-state index contributed by atoms with van der Waals surface area (Å²) in [4.78, 5) is 4.36. The van der Waals surface area contributed by atoms with Crippen LogP contribution >= 0.6 is 0 Å². The summed E-state index contributed by atoms with van der Waals surface area (Å²) in [6.07, 6.45) is 0. The molecule has 1 unspecified atom stereocenters. The number of aliphatic imine (C=N–C) groups is 1. The first-order chi connectivity index (χ1) is 8.20. The third-order valence-electron chi connectivity index (χ3n) is 2.62. The van der Waals surface area contributed by atoms with Crippen LogP contribution in [-0.4, -0.2) is 23.2 Å². The van der Waals surface area contributed by atoms with Crippen molar-refractivity contribution < 1.29 is 4.52 Å². The van der Waals surface area contributed by atoms with Gasteiger partial charge in [-0.25, -0.2) is 0 Å². The molecule has 1 aromatic heterocycles. The highest BCUT2D eigenvalue weighted by Crippen LogP contribution is 2.23. The van der Waals surface area contributed by atoms with Crippen LogP contribution in [0, 0.1) is 13.8 Å². The van der Waals surface area contributed by atoms with Crippen molar-refractivity contribution in [1.82, 2.24) is 10.5 Å². The van der Waals surface area contributed by atoms with E-state index in [4.69, 9.17) is 10.3 Å². The maximum Gasteiger partial charge on any atom is 0.189 e. The normalized spacial score (nSPS) is 14.7. The van der Waals surface area contributed by atoms with Gasteiger partial charge in [0, 0.05) is 23.6 Å². The molecule has 0 saturated carbocycles. The molecule has 0 saturated heterocycles. The van der Waals surface area contributed by atoms with Crippen LogP contribution in [0.4, 0.5) is 0 Å². The van der Waals surface area contributed by atoms with Gasteiger partial charge in [0.15, 0.2) is 5.96 Å². The van der Waals surface area contributed by atoms with Gasteiger partial charge in [-0.1, -0.05) is 12.1 Å². The van der Waals surface area contributed by atoms with Crippen molar-refractivity contribution in [3.05, 3.63) is 17.0 Å². The molecule has 5 heteroatoms. The molecular weight excluding hydrogens is 228 g/mol. The van der Waals surface area contributed by atoms with Crippen LogP contribution in [0.5, 0.6) is 0 Å². The standard InChI is InChI=1S/C13H24N4O/c1-8(11-9(2)17-18-10(11)3)7-15-12(14)16-13(4,5)6/h8H,7H2,1-6H3,(H3,14,15,16). The lowest BCUT2D eigenvalue weighted by Crippen LogP contribution is -2.45. The van der Waals surface area contributed by atoms with Gasteiger partial charge in [0.2, 0.25) is 0 Å². The van der Waals surface area contributed by atoms with Gasteiger partial charge in [0.05, 0.1) is 5.69 Å². The van der Waals surface area contributed by atoms with Gasteiger partial charge in [-0.3, -0.25) is 4.99 Å². The fourth-order valence-electron chi connectivity index (χ4n) is 1.94. The first kappa shape index (κ1) is 14.5. The summed E-state index contributed by atoms with van der Waals surface area (Å²) < 4.78 is 5.16. The molecule has 0 aromatic carbocycles. The maximum absolute atomic E-state index is 5.84. The zero-order valence-corrected chi connectivity index (χ0v) is 12.2. The predicted molar refractivity (Wildman–Crippen MR) is 73.8 cm³/mol. The molecule has 1 atom stereocenters. The minimum Gasteiger partial charge on any atom is -0.370 e. The zero-order chi connectivity index (χ0) is 13.9. The minimum atomic E-state index is -0.0696. The number of aryl methyl sites for hydroxylation is 2. The average molecular weight is 252 g/mol. The molecule has 1 heterocycles. The van der Waals surface area contributed by atoms with Gasteiger partial charge >= 0.3 is 0 Å². The lowest BCUT2D eigenvalue weighted by molar-refractivity contribution is 0.391. The van der Waals surface area contributed by atoms with Crippen molar-refractivity contribution >= 4 is 5.96 Å². The van der Waals surface area contributed by atoms with Gasteiger partial charge in [-0.15, -0.1) is 0 Å². The molecule has 5 nitrogen and oxygen atoms in total. The summed E-state index contributed by atoms with van der Waals surface area (Å²) in [5.41, 5.74) is 7.82. The highest BCUT2D eigenvalue weighted by Gasteiger charge is 2.16. The molecule has 0 fully saturated rings. The summed E-state index contributed by atoms with van der Waals surface area (Å²) in [6, 6.07) is 0. The van der Waals surface area contributed by atoms with Gasteiger partial charge in [0.25, 0.3) is 0 Å². The van der Waals surface area contributed by atoms with E-state index in [1.165, 1.54) is 0 Å². The van der Waals surface area contributed by atoms with Crippen molar-refractivity contribution in [2.24, 2.45) is 10.7 Å². The molecular formula is C13H24N4O. The molecule has 0 amide bonds. The Morgan fingerprint density at radius 1 is 1.44 bits per heavy atom. The fraction of sp³-hybridized carbons (Fsp3) is 0.692. The summed E-state index contributed by atoms with van der Waals surface area (Å²) in [6.45, 7) is 12.7. The molecule has 1 rings (SSSR count). The molecule has 102 valence electrons. The third kappa shape index (κ3) is 4.05. The Kier molecular flexibility index (Phi) is 4.38. The Morgan fingerprint density at radius 2 is 2.06 bits per heavy atom. The Morgan fingerprint density at radius 3 is 2.50 bits per heavy atom. The van der Waals surface area contributed by atoms with Crippen LogP contribution in [0.2, 0.25) is 0 Å². The Bertz CT molecular complexity index is 409. The number of nitrogens with zero attached hydrogens (tertiary/aromatic N) is 2. The third-order valence-corrected chi connectivity index (χ3v) is 2.62. The van der Waals surface area contributed by atoms with E-state index in [0.29, 0.717) is 12.5 Å². The lowest BCUT2D eigenvalue weighted by atomic mass is 10.00.